The summed E-state index contributed by atoms with van der Waals surface area (Å²) in [5, 5.41) is 11.5. The number of halogens is 2. The number of carboxylic acids is 1. The third-order valence-electron chi connectivity index (χ3n) is 2.46. The highest BCUT2D eigenvalue weighted by atomic mass is 79.9. The van der Waals surface area contributed by atoms with Crippen molar-refractivity contribution in [2.45, 2.75) is 12.2 Å². The molecule has 0 saturated heterocycles. The van der Waals surface area contributed by atoms with Crippen LogP contribution in [-0.2, 0) is 10.8 Å². The summed E-state index contributed by atoms with van der Waals surface area (Å²) in [4.78, 5) is 10.8. The molecule has 0 aliphatic carbocycles. The molecule has 0 bridgehead atoms. The zero-order valence-electron chi connectivity index (χ0n) is 9.87. The molecule has 0 aliphatic rings. The molecule has 2 N–H and O–H groups in total. The summed E-state index contributed by atoms with van der Waals surface area (Å²) in [6.45, 7) is 2.13. The van der Waals surface area contributed by atoms with Crippen LogP contribution in [0, 0.1) is 5.82 Å². The van der Waals surface area contributed by atoms with Crippen LogP contribution in [0.4, 0.5) is 10.1 Å². The van der Waals surface area contributed by atoms with Crippen LogP contribution in [0.25, 0.3) is 0 Å². The van der Waals surface area contributed by atoms with Crippen molar-refractivity contribution >= 4 is 38.4 Å². The summed E-state index contributed by atoms with van der Waals surface area (Å²) in [6, 6.07) is 2.67. The minimum atomic E-state index is -1.20. The first-order chi connectivity index (χ1) is 8.34. The number of rotatable bonds is 5. The molecule has 0 heterocycles. The predicted octanol–water partition coefficient (Wildman–Crippen LogP) is 2.47. The van der Waals surface area contributed by atoms with Gasteiger partial charge in [-0.15, -0.1) is 0 Å². The monoisotopic (exact) mass is 337 g/mol. The van der Waals surface area contributed by atoms with Crippen molar-refractivity contribution in [3.05, 3.63) is 28.0 Å². The Balaban J connectivity index is 2.89. The Hall–Kier alpha value is -0.950. The normalized spacial score (nSPS) is 14.0. The van der Waals surface area contributed by atoms with Crippen molar-refractivity contribution in [3.8, 4) is 0 Å². The standard InChI is InChI=1S/C11H13BrFNO3S/c1-6(18(2)17)5-14-8-4-3-7(11(15)16)9(12)10(8)13/h3-4,6,14H,5H2,1-2H3,(H,15,16). The minimum Gasteiger partial charge on any atom is -0.478 e. The van der Waals surface area contributed by atoms with E-state index in [-0.39, 0.29) is 21.0 Å². The van der Waals surface area contributed by atoms with E-state index in [2.05, 4.69) is 21.2 Å². The number of carbonyl (C=O) groups is 1. The third-order valence-corrected chi connectivity index (χ3v) is 4.53. The SMILES string of the molecule is CC(CNc1ccc(C(=O)O)c(Br)c1F)S(C)=O. The molecule has 0 spiro atoms. The predicted molar refractivity (Wildman–Crippen MR) is 73.1 cm³/mol. The highest BCUT2D eigenvalue weighted by molar-refractivity contribution is 9.10. The largest absolute Gasteiger partial charge is 0.478 e. The van der Waals surface area contributed by atoms with Crippen LogP contribution in [-0.4, -0.2) is 33.3 Å². The molecule has 0 aliphatic heterocycles. The van der Waals surface area contributed by atoms with Crippen molar-refractivity contribution < 1.29 is 18.5 Å². The fourth-order valence-corrected chi connectivity index (χ4v) is 2.06. The lowest BCUT2D eigenvalue weighted by Crippen LogP contribution is -2.21. The Morgan fingerprint density at radius 3 is 2.72 bits per heavy atom. The lowest BCUT2D eigenvalue weighted by Gasteiger charge is -2.13. The maximum absolute atomic E-state index is 13.8. The number of aromatic carboxylic acids is 1. The Morgan fingerprint density at radius 1 is 1.61 bits per heavy atom. The number of nitrogens with one attached hydrogen (secondary N) is 1. The molecule has 2 unspecified atom stereocenters. The Bertz CT molecular complexity index is 495. The van der Waals surface area contributed by atoms with Gasteiger partial charge >= 0.3 is 5.97 Å². The van der Waals surface area contributed by atoms with Crippen molar-refractivity contribution in [1.82, 2.24) is 0 Å². The molecule has 1 aromatic carbocycles. The molecule has 1 rings (SSSR count). The fraction of sp³-hybridized carbons (Fsp3) is 0.364. The third kappa shape index (κ3) is 3.52. The van der Waals surface area contributed by atoms with E-state index in [4.69, 9.17) is 5.11 Å². The van der Waals surface area contributed by atoms with Crippen LogP contribution in [0.2, 0.25) is 0 Å². The van der Waals surface area contributed by atoms with Gasteiger partial charge in [0.1, 0.15) is 0 Å². The molecule has 2 atom stereocenters. The van der Waals surface area contributed by atoms with Crippen LogP contribution in [0.5, 0.6) is 0 Å². The Kier molecular flexibility index (Phi) is 5.28. The Labute approximate surface area is 115 Å². The van der Waals surface area contributed by atoms with Gasteiger partial charge in [0.05, 0.1) is 15.7 Å². The summed E-state index contributed by atoms with van der Waals surface area (Å²) >= 11 is 2.91. The van der Waals surface area contributed by atoms with Gasteiger partial charge in [0.15, 0.2) is 5.82 Å². The van der Waals surface area contributed by atoms with E-state index in [0.717, 1.165) is 0 Å². The molecular weight excluding hydrogens is 325 g/mol. The van der Waals surface area contributed by atoms with Gasteiger partial charge in [-0.3, -0.25) is 4.21 Å². The van der Waals surface area contributed by atoms with Gasteiger partial charge in [0.2, 0.25) is 0 Å². The van der Waals surface area contributed by atoms with Crippen molar-refractivity contribution in [2.24, 2.45) is 0 Å². The van der Waals surface area contributed by atoms with Crippen LogP contribution < -0.4 is 5.32 Å². The molecule has 18 heavy (non-hydrogen) atoms. The molecule has 4 nitrogen and oxygen atoms in total. The van der Waals surface area contributed by atoms with E-state index in [1.807, 2.05) is 0 Å². The molecule has 0 saturated carbocycles. The molecule has 1 aromatic rings. The van der Waals surface area contributed by atoms with Gasteiger partial charge in [-0.05, 0) is 35.0 Å². The zero-order chi connectivity index (χ0) is 13.9. The van der Waals surface area contributed by atoms with Crippen molar-refractivity contribution in [2.75, 3.05) is 18.1 Å². The first-order valence-electron chi connectivity index (χ1n) is 5.12. The van der Waals surface area contributed by atoms with Crippen LogP contribution >= 0.6 is 15.9 Å². The first-order valence-corrected chi connectivity index (χ1v) is 7.53. The van der Waals surface area contributed by atoms with Crippen LogP contribution in [0.1, 0.15) is 17.3 Å². The van der Waals surface area contributed by atoms with E-state index in [1.165, 1.54) is 12.1 Å². The van der Waals surface area contributed by atoms with Gasteiger partial charge in [-0.2, -0.15) is 0 Å². The molecule has 7 heteroatoms. The molecule has 0 fully saturated rings. The van der Waals surface area contributed by atoms with Crippen LogP contribution in [0.3, 0.4) is 0 Å². The molecule has 0 radical (unpaired) electrons. The quantitative estimate of drug-likeness (QED) is 0.866. The Morgan fingerprint density at radius 2 is 2.22 bits per heavy atom. The van der Waals surface area contributed by atoms with E-state index < -0.39 is 22.6 Å². The maximum Gasteiger partial charge on any atom is 0.336 e. The summed E-state index contributed by atoms with van der Waals surface area (Å²) in [5.41, 5.74) is 0.0503. The maximum atomic E-state index is 13.8. The number of hydrogen-bond acceptors (Lipinski definition) is 3. The average molecular weight is 338 g/mol. The second kappa shape index (κ2) is 6.29. The highest BCUT2D eigenvalue weighted by Gasteiger charge is 2.16. The average Bonchev–Trinajstić information content (AvgIpc) is 2.30. The second-order valence-corrected chi connectivity index (χ2v) is 6.38. The number of hydrogen-bond donors (Lipinski definition) is 2. The summed E-state index contributed by atoms with van der Waals surface area (Å²) < 4.78 is 24.9. The summed E-state index contributed by atoms with van der Waals surface area (Å²) in [6.07, 6.45) is 1.58. The minimum absolute atomic E-state index is 0.0923. The van der Waals surface area contributed by atoms with Gasteiger partial charge in [-0.1, -0.05) is 0 Å². The van der Waals surface area contributed by atoms with Crippen LogP contribution in [0.15, 0.2) is 16.6 Å². The van der Waals surface area contributed by atoms with E-state index in [9.17, 15) is 13.4 Å². The van der Waals surface area contributed by atoms with Gasteiger partial charge in [0.25, 0.3) is 0 Å². The smallest absolute Gasteiger partial charge is 0.336 e. The van der Waals surface area contributed by atoms with Gasteiger partial charge in [0, 0.05) is 28.9 Å². The van der Waals surface area contributed by atoms with E-state index >= 15 is 0 Å². The first kappa shape index (κ1) is 15.1. The second-order valence-electron chi connectivity index (χ2n) is 3.78. The van der Waals surface area contributed by atoms with Crippen molar-refractivity contribution in [1.29, 1.82) is 0 Å². The fourth-order valence-electron chi connectivity index (χ4n) is 1.22. The summed E-state index contributed by atoms with van der Waals surface area (Å²) in [7, 11) is -0.998. The molecule has 0 aromatic heterocycles. The van der Waals surface area contributed by atoms with E-state index in [0.29, 0.717) is 6.54 Å². The van der Waals surface area contributed by atoms with Gasteiger partial charge < -0.3 is 10.4 Å². The van der Waals surface area contributed by atoms with Gasteiger partial charge in [-0.25, -0.2) is 9.18 Å². The zero-order valence-corrected chi connectivity index (χ0v) is 12.3. The summed E-state index contributed by atoms with van der Waals surface area (Å²) in [5.74, 6) is -1.86. The number of benzene rings is 1. The number of carboxylic acid groups (broad SMARTS) is 1. The van der Waals surface area contributed by atoms with Crippen molar-refractivity contribution in [3.63, 3.8) is 0 Å². The lowest BCUT2D eigenvalue weighted by atomic mass is 10.2. The lowest BCUT2D eigenvalue weighted by molar-refractivity contribution is 0.0695. The molecular formula is C11H13BrFNO3S. The topological polar surface area (TPSA) is 66.4 Å². The highest BCUT2D eigenvalue weighted by Crippen LogP contribution is 2.27. The number of anilines is 1. The molecule has 0 amide bonds. The molecule has 100 valence electrons. The van der Waals surface area contributed by atoms with E-state index in [1.54, 1.807) is 13.2 Å².